The minimum atomic E-state index is -0.0862. The molecule has 0 bridgehead atoms. The van der Waals surface area contributed by atoms with Crippen LogP contribution in [0.2, 0.25) is 5.02 Å². The predicted octanol–water partition coefficient (Wildman–Crippen LogP) is 5.04. The fraction of sp³-hybridized carbons (Fsp3) is 0.190. The van der Waals surface area contributed by atoms with Crippen molar-refractivity contribution in [2.75, 3.05) is 6.54 Å². The maximum absolute atomic E-state index is 12.1. The third-order valence-corrected chi connectivity index (χ3v) is 4.52. The van der Waals surface area contributed by atoms with Gasteiger partial charge in [-0.25, -0.2) is 0 Å². The largest absolute Gasteiger partial charge is 0.361 e. The molecule has 0 radical (unpaired) electrons. The number of nitrogens with one attached hydrogen (secondary N) is 2. The number of para-hydroxylation sites is 1. The SMILES string of the molecule is CC(C)=CC(=O)NC[C@@H](c1ccccc1Cl)c1c[nH]c2ccccc12. The Morgan fingerprint density at radius 3 is 2.60 bits per heavy atom. The molecule has 25 heavy (non-hydrogen) atoms. The lowest BCUT2D eigenvalue weighted by Gasteiger charge is -2.19. The van der Waals surface area contributed by atoms with E-state index in [0.29, 0.717) is 11.6 Å². The Morgan fingerprint density at radius 2 is 1.84 bits per heavy atom. The van der Waals surface area contributed by atoms with Crippen molar-refractivity contribution in [1.29, 1.82) is 0 Å². The van der Waals surface area contributed by atoms with Gasteiger partial charge in [-0.15, -0.1) is 0 Å². The molecule has 0 aliphatic heterocycles. The number of benzene rings is 2. The molecule has 128 valence electrons. The van der Waals surface area contributed by atoms with Crippen LogP contribution < -0.4 is 5.32 Å². The molecule has 3 aromatic rings. The summed E-state index contributed by atoms with van der Waals surface area (Å²) >= 11 is 6.45. The molecule has 0 aliphatic rings. The molecule has 0 spiro atoms. The average molecular weight is 353 g/mol. The number of hydrogen-bond acceptors (Lipinski definition) is 1. The third kappa shape index (κ3) is 3.94. The zero-order valence-corrected chi connectivity index (χ0v) is 15.1. The van der Waals surface area contributed by atoms with Gasteiger partial charge in [0.05, 0.1) is 0 Å². The molecule has 3 nitrogen and oxygen atoms in total. The van der Waals surface area contributed by atoms with Crippen LogP contribution in [0.5, 0.6) is 0 Å². The highest BCUT2D eigenvalue weighted by Gasteiger charge is 2.20. The Morgan fingerprint density at radius 1 is 1.12 bits per heavy atom. The van der Waals surface area contributed by atoms with Gasteiger partial charge in [-0.2, -0.15) is 0 Å². The van der Waals surface area contributed by atoms with E-state index in [2.05, 4.69) is 16.4 Å². The molecule has 1 heterocycles. The number of H-pyrrole nitrogens is 1. The molecule has 0 fully saturated rings. The van der Waals surface area contributed by atoms with Gasteiger partial charge in [-0.3, -0.25) is 4.79 Å². The lowest BCUT2D eigenvalue weighted by Crippen LogP contribution is -2.27. The Balaban J connectivity index is 1.99. The van der Waals surface area contributed by atoms with Crippen molar-refractivity contribution in [3.05, 3.63) is 82.5 Å². The van der Waals surface area contributed by atoms with Gasteiger partial charge in [0.25, 0.3) is 0 Å². The average Bonchev–Trinajstić information content (AvgIpc) is 3.00. The Hall–Kier alpha value is -2.52. The van der Waals surface area contributed by atoms with E-state index in [1.165, 1.54) is 0 Å². The van der Waals surface area contributed by atoms with Crippen molar-refractivity contribution < 1.29 is 4.79 Å². The molecule has 1 aromatic heterocycles. The summed E-state index contributed by atoms with van der Waals surface area (Å²) in [5.74, 6) is -0.115. The van der Waals surface area contributed by atoms with Crippen molar-refractivity contribution in [1.82, 2.24) is 10.3 Å². The van der Waals surface area contributed by atoms with E-state index in [4.69, 9.17) is 11.6 Å². The van der Waals surface area contributed by atoms with Gasteiger partial charge < -0.3 is 10.3 Å². The van der Waals surface area contributed by atoms with Gasteiger partial charge in [-0.1, -0.05) is 53.6 Å². The van der Waals surface area contributed by atoms with E-state index in [-0.39, 0.29) is 11.8 Å². The molecule has 0 saturated carbocycles. The Labute approximate surface area is 152 Å². The number of allylic oxidation sites excluding steroid dienone is 1. The second-order valence-corrected chi connectivity index (χ2v) is 6.74. The topological polar surface area (TPSA) is 44.9 Å². The maximum Gasteiger partial charge on any atom is 0.243 e. The monoisotopic (exact) mass is 352 g/mol. The summed E-state index contributed by atoms with van der Waals surface area (Å²) in [6, 6.07) is 15.9. The summed E-state index contributed by atoms with van der Waals surface area (Å²) in [7, 11) is 0. The highest BCUT2D eigenvalue weighted by Crippen LogP contribution is 2.34. The van der Waals surface area contributed by atoms with E-state index >= 15 is 0 Å². The standard InChI is InChI=1S/C21H21ClN2O/c1-14(2)11-21(25)24-13-17(15-7-3-5-9-19(15)22)18-12-23-20-10-6-4-8-16(18)20/h3-12,17,23H,13H2,1-2H3,(H,24,25)/t17-/m0/s1. The van der Waals surface area contributed by atoms with Gasteiger partial charge in [0.15, 0.2) is 0 Å². The number of carbonyl (C=O) groups excluding carboxylic acids is 1. The first-order chi connectivity index (χ1) is 12.1. The van der Waals surface area contributed by atoms with Crippen LogP contribution in [0, 0.1) is 0 Å². The predicted molar refractivity (Wildman–Crippen MR) is 104 cm³/mol. The Bertz CT molecular complexity index is 922. The van der Waals surface area contributed by atoms with Crippen LogP contribution in [-0.2, 0) is 4.79 Å². The number of aromatic amines is 1. The third-order valence-electron chi connectivity index (χ3n) is 4.18. The highest BCUT2D eigenvalue weighted by atomic mass is 35.5. The number of carbonyl (C=O) groups is 1. The van der Waals surface area contributed by atoms with E-state index in [9.17, 15) is 4.79 Å². The van der Waals surface area contributed by atoms with Crippen molar-refractivity contribution in [3.8, 4) is 0 Å². The van der Waals surface area contributed by atoms with Crippen LogP contribution in [0.25, 0.3) is 10.9 Å². The maximum atomic E-state index is 12.1. The first kappa shape index (κ1) is 17.3. The van der Waals surface area contributed by atoms with Gasteiger partial charge in [0.2, 0.25) is 5.91 Å². The molecule has 0 saturated heterocycles. The van der Waals surface area contributed by atoms with Crippen molar-refractivity contribution in [2.45, 2.75) is 19.8 Å². The minimum absolute atomic E-state index is 0.0284. The zero-order chi connectivity index (χ0) is 17.8. The fourth-order valence-corrected chi connectivity index (χ4v) is 3.31. The number of aromatic nitrogens is 1. The van der Waals surface area contributed by atoms with Gasteiger partial charge >= 0.3 is 0 Å². The number of fused-ring (bicyclic) bond motifs is 1. The summed E-state index contributed by atoms with van der Waals surface area (Å²) in [4.78, 5) is 15.4. The molecule has 2 N–H and O–H groups in total. The second-order valence-electron chi connectivity index (χ2n) is 6.33. The van der Waals surface area contributed by atoms with Crippen LogP contribution in [-0.4, -0.2) is 17.4 Å². The number of rotatable bonds is 5. The molecule has 2 aromatic carbocycles. The summed E-state index contributed by atoms with van der Waals surface area (Å²) < 4.78 is 0. The molecule has 0 aliphatic carbocycles. The van der Waals surface area contributed by atoms with Crippen molar-refractivity contribution >= 4 is 28.4 Å². The van der Waals surface area contributed by atoms with Crippen LogP contribution in [0.3, 0.4) is 0 Å². The molecule has 0 unspecified atom stereocenters. The first-order valence-corrected chi connectivity index (χ1v) is 8.67. The Kier molecular flexibility index (Phi) is 5.25. The van der Waals surface area contributed by atoms with Gasteiger partial charge in [0.1, 0.15) is 0 Å². The lowest BCUT2D eigenvalue weighted by molar-refractivity contribution is -0.116. The van der Waals surface area contributed by atoms with Crippen LogP contribution >= 0.6 is 11.6 Å². The molecule has 1 atom stereocenters. The van der Waals surface area contributed by atoms with E-state index in [0.717, 1.165) is 27.6 Å². The van der Waals surface area contributed by atoms with Gasteiger partial charge in [0, 0.05) is 40.7 Å². The molecule has 1 amide bonds. The number of halogens is 1. The number of amides is 1. The van der Waals surface area contributed by atoms with Crippen LogP contribution in [0.4, 0.5) is 0 Å². The summed E-state index contributed by atoms with van der Waals surface area (Å²) in [5.41, 5.74) is 4.18. The van der Waals surface area contributed by atoms with Crippen molar-refractivity contribution in [2.24, 2.45) is 0 Å². The smallest absolute Gasteiger partial charge is 0.243 e. The molecule has 4 heteroatoms. The van der Waals surface area contributed by atoms with Crippen LogP contribution in [0.1, 0.15) is 30.9 Å². The molecule has 3 rings (SSSR count). The van der Waals surface area contributed by atoms with Crippen molar-refractivity contribution in [3.63, 3.8) is 0 Å². The normalized spacial score (nSPS) is 12.0. The second kappa shape index (κ2) is 7.58. The number of hydrogen-bond donors (Lipinski definition) is 2. The zero-order valence-electron chi connectivity index (χ0n) is 14.3. The summed E-state index contributed by atoms with van der Waals surface area (Å²) in [5, 5.41) is 4.85. The summed E-state index contributed by atoms with van der Waals surface area (Å²) in [6.45, 7) is 4.30. The first-order valence-electron chi connectivity index (χ1n) is 8.29. The van der Waals surface area contributed by atoms with E-state index in [1.807, 2.05) is 62.5 Å². The van der Waals surface area contributed by atoms with E-state index in [1.54, 1.807) is 6.08 Å². The van der Waals surface area contributed by atoms with E-state index < -0.39 is 0 Å². The van der Waals surface area contributed by atoms with Crippen LogP contribution in [0.15, 0.2) is 66.4 Å². The minimum Gasteiger partial charge on any atom is -0.361 e. The highest BCUT2D eigenvalue weighted by molar-refractivity contribution is 6.31. The quantitative estimate of drug-likeness (QED) is 0.621. The molecular weight excluding hydrogens is 332 g/mol. The molecular formula is C21H21ClN2O. The van der Waals surface area contributed by atoms with Gasteiger partial charge in [-0.05, 0) is 37.1 Å². The summed E-state index contributed by atoms with van der Waals surface area (Å²) in [6.07, 6.45) is 3.62. The lowest BCUT2D eigenvalue weighted by atomic mass is 9.90. The fourth-order valence-electron chi connectivity index (χ4n) is 3.04.